The molecule has 1 N–H and O–H groups in total. The van der Waals surface area contributed by atoms with Crippen molar-refractivity contribution in [3.63, 3.8) is 0 Å². The van der Waals surface area contributed by atoms with E-state index < -0.39 is 39.8 Å². The lowest BCUT2D eigenvalue weighted by Crippen LogP contribution is -2.35. The van der Waals surface area contributed by atoms with E-state index in [1.807, 2.05) is 4.90 Å². The molecular weight excluding hydrogens is 498 g/mol. The average Bonchev–Trinajstić information content (AvgIpc) is 3.18. The van der Waals surface area contributed by atoms with Crippen LogP contribution in [0.5, 0.6) is 0 Å². The third kappa shape index (κ3) is 5.41. The van der Waals surface area contributed by atoms with Gasteiger partial charge in [0.15, 0.2) is 0 Å². The molecule has 2 heterocycles. The number of alkyl halides is 3. The summed E-state index contributed by atoms with van der Waals surface area (Å²) in [6, 6.07) is 7.50. The fourth-order valence-electron chi connectivity index (χ4n) is 3.67. The van der Waals surface area contributed by atoms with E-state index in [1.165, 1.54) is 11.0 Å². The molecule has 184 valence electrons. The van der Waals surface area contributed by atoms with Crippen LogP contribution in [0.3, 0.4) is 0 Å². The lowest BCUT2D eigenvalue weighted by atomic mass is 10.2. The molecule has 2 aliphatic heterocycles. The number of amides is 1. The van der Waals surface area contributed by atoms with Gasteiger partial charge in [0.2, 0.25) is 10.0 Å². The number of ether oxygens (including phenoxy) is 1. The smallest absolute Gasteiger partial charge is 0.416 e. The van der Waals surface area contributed by atoms with Gasteiger partial charge in [-0.05, 0) is 42.5 Å². The van der Waals surface area contributed by atoms with E-state index in [2.05, 4.69) is 4.72 Å². The molecule has 2 aromatic rings. The van der Waals surface area contributed by atoms with Crippen molar-refractivity contribution in [1.29, 1.82) is 0 Å². The number of carbonyl (C=O) groups is 1. The molecule has 0 aliphatic carbocycles. The van der Waals surface area contributed by atoms with E-state index in [0.29, 0.717) is 17.8 Å². The summed E-state index contributed by atoms with van der Waals surface area (Å²) < 4.78 is 85.0. The van der Waals surface area contributed by atoms with Crippen LogP contribution in [0.4, 0.5) is 33.7 Å². The predicted molar refractivity (Wildman–Crippen MR) is 120 cm³/mol. The summed E-state index contributed by atoms with van der Waals surface area (Å²) in [6.45, 7) is 1.15. The number of halogens is 4. The van der Waals surface area contributed by atoms with Crippen molar-refractivity contribution in [2.24, 2.45) is 0 Å². The van der Waals surface area contributed by atoms with Crippen molar-refractivity contribution in [3.8, 4) is 0 Å². The Morgan fingerprint density at radius 3 is 2.38 bits per heavy atom. The van der Waals surface area contributed by atoms with Crippen LogP contribution in [0.2, 0.25) is 0 Å². The molecule has 2 saturated heterocycles. The Morgan fingerprint density at radius 2 is 1.76 bits per heavy atom. The standard InChI is InChI=1S/C21H21F4N3O4S2/c22-18-11-15(3-6-19(18)27-7-9-33-10-8-27)28-13-16(32-20(28)29)12-26-34(30,31)17-4-1-14(2-5-17)21(23,24)25/h1-6,11,16,26H,7-10,12-13H2/t16-/m0/s1. The quantitative estimate of drug-likeness (QED) is 0.587. The van der Waals surface area contributed by atoms with E-state index in [9.17, 15) is 30.8 Å². The van der Waals surface area contributed by atoms with Crippen molar-refractivity contribution in [2.75, 3.05) is 47.5 Å². The van der Waals surface area contributed by atoms with Crippen molar-refractivity contribution in [1.82, 2.24) is 4.72 Å². The summed E-state index contributed by atoms with van der Waals surface area (Å²) in [5, 5.41) is 0. The van der Waals surface area contributed by atoms with E-state index in [4.69, 9.17) is 4.74 Å². The van der Waals surface area contributed by atoms with Crippen molar-refractivity contribution in [2.45, 2.75) is 17.2 Å². The molecule has 0 spiro atoms. The van der Waals surface area contributed by atoms with Crippen LogP contribution < -0.4 is 14.5 Å². The number of nitrogens with zero attached hydrogens (tertiary/aromatic N) is 2. The fraction of sp³-hybridized carbons (Fsp3) is 0.381. The van der Waals surface area contributed by atoms with Crippen LogP contribution in [0.25, 0.3) is 0 Å². The lowest BCUT2D eigenvalue weighted by Gasteiger charge is -2.29. The van der Waals surface area contributed by atoms with Gasteiger partial charge in [0.25, 0.3) is 0 Å². The summed E-state index contributed by atoms with van der Waals surface area (Å²) in [5.41, 5.74) is -0.229. The predicted octanol–water partition coefficient (Wildman–Crippen LogP) is 3.70. The Bertz CT molecular complexity index is 1150. The van der Waals surface area contributed by atoms with Gasteiger partial charge in [-0.25, -0.2) is 22.3 Å². The first kappa shape index (κ1) is 24.6. The number of hydrogen-bond donors (Lipinski definition) is 1. The maximum Gasteiger partial charge on any atom is 0.416 e. The molecular formula is C21H21F4N3O4S2. The van der Waals surface area contributed by atoms with Crippen LogP contribution in [-0.4, -0.2) is 58.3 Å². The number of benzene rings is 2. The molecule has 0 unspecified atom stereocenters. The van der Waals surface area contributed by atoms with Crippen LogP contribution >= 0.6 is 11.8 Å². The molecule has 1 atom stereocenters. The van der Waals surface area contributed by atoms with E-state index in [0.717, 1.165) is 36.7 Å². The molecule has 2 fully saturated rings. The molecule has 0 radical (unpaired) electrons. The molecule has 34 heavy (non-hydrogen) atoms. The summed E-state index contributed by atoms with van der Waals surface area (Å²) in [5.74, 6) is 1.34. The highest BCUT2D eigenvalue weighted by atomic mass is 32.2. The van der Waals surface area contributed by atoms with Gasteiger partial charge in [-0.3, -0.25) is 4.90 Å². The minimum atomic E-state index is -4.58. The topological polar surface area (TPSA) is 78.9 Å². The number of cyclic esters (lactones) is 1. The van der Waals surface area contributed by atoms with Crippen LogP contribution in [0.1, 0.15) is 5.56 Å². The first-order chi connectivity index (χ1) is 16.0. The van der Waals surface area contributed by atoms with Gasteiger partial charge in [0.1, 0.15) is 11.9 Å². The SMILES string of the molecule is O=C1O[C@@H](CNS(=O)(=O)c2ccc(C(F)(F)F)cc2)CN1c1ccc(N2CCSCC2)c(F)c1. The van der Waals surface area contributed by atoms with Gasteiger partial charge in [-0.2, -0.15) is 24.9 Å². The Hall–Kier alpha value is -2.51. The molecule has 4 rings (SSSR count). The Balaban J connectivity index is 1.38. The van der Waals surface area contributed by atoms with Gasteiger partial charge >= 0.3 is 12.3 Å². The maximum absolute atomic E-state index is 14.7. The number of thioether (sulfide) groups is 1. The van der Waals surface area contributed by atoms with Crippen molar-refractivity contribution >= 4 is 39.3 Å². The van der Waals surface area contributed by atoms with Gasteiger partial charge in [0.05, 0.1) is 28.4 Å². The summed E-state index contributed by atoms with van der Waals surface area (Å²) >= 11 is 1.80. The molecule has 0 saturated carbocycles. The van der Waals surface area contributed by atoms with Crippen LogP contribution in [0.15, 0.2) is 47.4 Å². The Morgan fingerprint density at radius 1 is 1.09 bits per heavy atom. The summed E-state index contributed by atoms with van der Waals surface area (Å²) in [4.78, 5) is 15.1. The first-order valence-electron chi connectivity index (χ1n) is 10.3. The Kier molecular flexibility index (Phi) is 6.97. The Labute approximate surface area is 198 Å². The van der Waals surface area contributed by atoms with Gasteiger partial charge < -0.3 is 9.64 Å². The van der Waals surface area contributed by atoms with Gasteiger partial charge in [-0.15, -0.1) is 0 Å². The third-order valence-corrected chi connectivity index (χ3v) is 7.84. The number of nitrogens with one attached hydrogen (secondary N) is 1. The molecule has 2 aliphatic rings. The molecule has 0 bridgehead atoms. The second kappa shape index (κ2) is 9.62. The normalized spacial score (nSPS) is 19.4. The number of sulfonamides is 1. The number of anilines is 2. The summed E-state index contributed by atoms with van der Waals surface area (Å²) in [6.07, 6.45) is -6.19. The van der Waals surface area contributed by atoms with Gasteiger partial charge in [0, 0.05) is 31.1 Å². The van der Waals surface area contributed by atoms with E-state index >= 15 is 0 Å². The number of hydrogen-bond acceptors (Lipinski definition) is 6. The van der Waals surface area contributed by atoms with Gasteiger partial charge in [-0.1, -0.05) is 0 Å². The van der Waals surface area contributed by atoms with Crippen molar-refractivity contribution < 1.29 is 35.5 Å². The molecule has 1 amide bonds. The van der Waals surface area contributed by atoms with Crippen LogP contribution in [0, 0.1) is 5.82 Å². The average molecular weight is 520 g/mol. The fourth-order valence-corrected chi connectivity index (χ4v) is 5.64. The molecule has 7 nitrogen and oxygen atoms in total. The molecule has 13 heteroatoms. The highest BCUT2D eigenvalue weighted by Crippen LogP contribution is 2.31. The zero-order valence-electron chi connectivity index (χ0n) is 17.7. The van der Waals surface area contributed by atoms with E-state index in [1.54, 1.807) is 23.9 Å². The highest BCUT2D eigenvalue weighted by molar-refractivity contribution is 7.99. The second-order valence-electron chi connectivity index (χ2n) is 7.73. The van der Waals surface area contributed by atoms with Crippen LogP contribution in [-0.2, 0) is 20.9 Å². The first-order valence-corrected chi connectivity index (χ1v) is 13.0. The third-order valence-electron chi connectivity index (χ3n) is 5.46. The number of carbonyl (C=O) groups excluding carboxylic acids is 1. The zero-order valence-corrected chi connectivity index (χ0v) is 19.4. The molecule has 2 aromatic carbocycles. The maximum atomic E-state index is 14.7. The zero-order chi connectivity index (χ0) is 24.5. The highest BCUT2D eigenvalue weighted by Gasteiger charge is 2.34. The van der Waals surface area contributed by atoms with E-state index in [-0.39, 0.29) is 23.7 Å². The second-order valence-corrected chi connectivity index (χ2v) is 10.7. The number of rotatable bonds is 6. The minimum Gasteiger partial charge on any atom is -0.443 e. The monoisotopic (exact) mass is 519 g/mol. The lowest BCUT2D eigenvalue weighted by molar-refractivity contribution is -0.137. The largest absolute Gasteiger partial charge is 0.443 e. The minimum absolute atomic E-state index is 0.0203. The summed E-state index contributed by atoms with van der Waals surface area (Å²) in [7, 11) is -4.13. The van der Waals surface area contributed by atoms with Crippen molar-refractivity contribution in [3.05, 3.63) is 53.8 Å². The molecule has 0 aromatic heterocycles.